The van der Waals surface area contributed by atoms with E-state index in [0.29, 0.717) is 21.7 Å². The summed E-state index contributed by atoms with van der Waals surface area (Å²) < 4.78 is 28.4. The van der Waals surface area contributed by atoms with Gasteiger partial charge in [0, 0.05) is 47.6 Å². The number of para-hydroxylation sites is 1. The molecule has 3 amide bonds. The third kappa shape index (κ3) is 7.90. The quantitative estimate of drug-likeness (QED) is 0.175. The minimum absolute atomic E-state index is 0.0283. The van der Waals surface area contributed by atoms with Crippen LogP contribution in [0, 0.1) is 13.8 Å². The van der Waals surface area contributed by atoms with Crippen molar-refractivity contribution in [3.63, 3.8) is 0 Å². The molecule has 2 atom stereocenters. The van der Waals surface area contributed by atoms with E-state index in [0.717, 1.165) is 22.0 Å². The number of nitrogens with one attached hydrogen (secondary N) is 3. The number of hydrogen-bond donors (Lipinski definition) is 3. The molecule has 9 nitrogen and oxygen atoms in total. The number of fused-ring (bicyclic) bond motifs is 1. The zero-order chi connectivity index (χ0) is 33.7. The van der Waals surface area contributed by atoms with Crippen LogP contribution in [-0.4, -0.2) is 55.2 Å². The zero-order valence-corrected chi connectivity index (χ0v) is 27.7. The monoisotopic (exact) mass is 670 g/mol. The number of H-pyrrole nitrogens is 1. The molecule has 47 heavy (non-hydrogen) atoms. The summed E-state index contributed by atoms with van der Waals surface area (Å²) in [5.74, 6) is -1.97. The Kier molecular flexibility index (Phi) is 10.1. The molecule has 4 aromatic carbocycles. The number of nitrogens with zero attached hydrogens (tertiary/aromatic N) is 1. The van der Waals surface area contributed by atoms with E-state index in [4.69, 9.17) is 11.6 Å². The highest BCUT2D eigenvalue weighted by molar-refractivity contribution is 7.90. The van der Waals surface area contributed by atoms with Gasteiger partial charge in [0.2, 0.25) is 5.91 Å². The fourth-order valence-corrected chi connectivity index (χ4v) is 6.83. The first-order valence-electron chi connectivity index (χ1n) is 15.0. The summed E-state index contributed by atoms with van der Waals surface area (Å²) in [4.78, 5) is 46.1. The van der Waals surface area contributed by atoms with Crippen LogP contribution in [0.25, 0.3) is 10.9 Å². The second-order valence-corrected chi connectivity index (χ2v) is 13.6. The van der Waals surface area contributed by atoms with Crippen molar-refractivity contribution < 1.29 is 22.8 Å². The average molecular weight is 671 g/mol. The number of hydrogen-bond acceptors (Lipinski definition) is 5. The van der Waals surface area contributed by atoms with Crippen LogP contribution in [0.4, 0.5) is 0 Å². The summed E-state index contributed by atoms with van der Waals surface area (Å²) in [6, 6.07) is 25.0. The maximum atomic E-state index is 14.2. The predicted octanol–water partition coefficient (Wildman–Crippen LogP) is 5.35. The van der Waals surface area contributed by atoms with E-state index in [1.165, 1.54) is 24.1 Å². The molecule has 1 aromatic heterocycles. The number of aromatic nitrogens is 1. The van der Waals surface area contributed by atoms with Crippen LogP contribution in [0.1, 0.15) is 32.6 Å². The number of carbonyl (C=O) groups excluding carboxylic acids is 3. The van der Waals surface area contributed by atoms with Gasteiger partial charge in [0.05, 0.1) is 4.90 Å². The summed E-state index contributed by atoms with van der Waals surface area (Å²) in [5.41, 5.74) is 4.33. The first-order chi connectivity index (χ1) is 22.4. The molecule has 0 aliphatic heterocycles. The Morgan fingerprint density at radius 2 is 1.45 bits per heavy atom. The topological polar surface area (TPSA) is 128 Å². The molecule has 0 bridgehead atoms. The summed E-state index contributed by atoms with van der Waals surface area (Å²) in [6.45, 7) is 3.77. The Hall–Kier alpha value is -4.93. The van der Waals surface area contributed by atoms with E-state index in [9.17, 15) is 22.8 Å². The third-order valence-electron chi connectivity index (χ3n) is 7.95. The largest absolute Gasteiger partial charge is 0.361 e. The lowest BCUT2D eigenvalue weighted by molar-refractivity contribution is -0.130. The minimum atomic E-state index is -4.25. The van der Waals surface area contributed by atoms with E-state index < -0.39 is 39.8 Å². The fraction of sp³-hybridized carbons (Fsp3) is 0.194. The van der Waals surface area contributed by atoms with Crippen LogP contribution < -0.4 is 10.0 Å². The van der Waals surface area contributed by atoms with Gasteiger partial charge in [0.15, 0.2) is 0 Å². The summed E-state index contributed by atoms with van der Waals surface area (Å²) in [6.07, 6.45) is 1.74. The lowest BCUT2D eigenvalue weighted by Gasteiger charge is -2.30. The van der Waals surface area contributed by atoms with Crippen molar-refractivity contribution in [1.29, 1.82) is 0 Å². The summed E-state index contributed by atoms with van der Waals surface area (Å²) >= 11 is 6.48. The molecular weight excluding hydrogens is 636 g/mol. The summed E-state index contributed by atoms with van der Waals surface area (Å²) in [7, 11) is -2.73. The van der Waals surface area contributed by atoms with Gasteiger partial charge in [-0.1, -0.05) is 83.4 Å². The molecule has 5 rings (SSSR count). The van der Waals surface area contributed by atoms with Crippen molar-refractivity contribution in [3.05, 3.63) is 136 Å². The van der Waals surface area contributed by atoms with Crippen molar-refractivity contribution in [2.45, 2.75) is 43.7 Å². The van der Waals surface area contributed by atoms with Gasteiger partial charge in [-0.3, -0.25) is 14.4 Å². The number of likely N-dealkylation sites (N-methyl/N-ethyl adjacent to an activating group) is 1. The van der Waals surface area contributed by atoms with Crippen molar-refractivity contribution in [2.24, 2.45) is 0 Å². The van der Waals surface area contributed by atoms with Gasteiger partial charge in [-0.15, -0.1) is 0 Å². The van der Waals surface area contributed by atoms with Crippen molar-refractivity contribution in [1.82, 2.24) is 19.9 Å². The highest BCUT2D eigenvalue weighted by Gasteiger charge is 2.33. The predicted molar refractivity (Wildman–Crippen MR) is 183 cm³/mol. The molecule has 0 unspecified atom stereocenters. The van der Waals surface area contributed by atoms with E-state index in [1.807, 2.05) is 44.2 Å². The second-order valence-electron chi connectivity index (χ2n) is 11.5. The van der Waals surface area contributed by atoms with Gasteiger partial charge in [0.25, 0.3) is 21.8 Å². The maximum Gasteiger partial charge on any atom is 0.264 e. The van der Waals surface area contributed by atoms with E-state index in [2.05, 4.69) is 15.0 Å². The Morgan fingerprint density at radius 1 is 0.809 bits per heavy atom. The molecular formula is C36H35ClN4O5S. The van der Waals surface area contributed by atoms with Crippen LogP contribution in [0.2, 0.25) is 5.02 Å². The van der Waals surface area contributed by atoms with Crippen LogP contribution >= 0.6 is 11.6 Å². The molecule has 0 aliphatic rings. The molecule has 1 heterocycles. The molecule has 5 aromatic rings. The van der Waals surface area contributed by atoms with Gasteiger partial charge in [-0.2, -0.15) is 0 Å². The number of sulfonamides is 1. The molecule has 242 valence electrons. The Balaban J connectivity index is 1.49. The average Bonchev–Trinajstić information content (AvgIpc) is 3.45. The number of aromatic amines is 1. The van der Waals surface area contributed by atoms with Crippen LogP contribution in [0.5, 0.6) is 0 Å². The van der Waals surface area contributed by atoms with Crippen molar-refractivity contribution >= 4 is 50.2 Å². The number of benzene rings is 4. The molecule has 0 spiro atoms. The van der Waals surface area contributed by atoms with Gasteiger partial charge < -0.3 is 15.2 Å². The maximum absolute atomic E-state index is 14.2. The molecule has 0 fully saturated rings. The van der Waals surface area contributed by atoms with Gasteiger partial charge in [-0.25, -0.2) is 13.1 Å². The van der Waals surface area contributed by atoms with E-state index in [-0.39, 0.29) is 17.7 Å². The van der Waals surface area contributed by atoms with E-state index >= 15 is 0 Å². The summed E-state index contributed by atoms with van der Waals surface area (Å²) in [5, 5.41) is 4.01. The van der Waals surface area contributed by atoms with Crippen LogP contribution in [-0.2, 0) is 32.5 Å². The normalized spacial score (nSPS) is 12.7. The van der Waals surface area contributed by atoms with Gasteiger partial charge in [0.1, 0.15) is 12.1 Å². The Bertz CT molecular complexity index is 2020. The molecule has 3 N–H and O–H groups in total. The molecule has 0 saturated heterocycles. The smallest absolute Gasteiger partial charge is 0.264 e. The first kappa shape index (κ1) is 33.4. The second kappa shape index (κ2) is 14.2. The SMILES string of the molecule is Cc1cc(C)cc(C(=O)N(C)[C@H](Cc2ccccc2Cl)C(=O)N[C@@H](Cc2c[nH]c3ccccc23)C(=O)NS(=O)(=O)c2ccccc2)c1. The number of rotatable bonds is 11. The van der Waals surface area contributed by atoms with Gasteiger partial charge >= 0.3 is 0 Å². The third-order valence-corrected chi connectivity index (χ3v) is 9.68. The number of halogens is 1. The van der Waals surface area contributed by atoms with E-state index in [1.54, 1.807) is 60.8 Å². The standard InChI is InChI=1S/C36H35ClN4O5S/c1-23-17-24(2)19-26(18-23)36(44)41(3)33(21-25-11-7-9-15-30(25)37)35(43)39-32(20-27-22-38-31-16-10-8-14-29(27)31)34(42)40-47(45,46)28-12-5-4-6-13-28/h4-19,22,32-33,38H,20-21H2,1-3H3,(H,39,43)(H,40,42)/t32-,33+/m0/s1. The molecule has 0 radical (unpaired) electrons. The van der Waals surface area contributed by atoms with Crippen molar-refractivity contribution in [2.75, 3.05) is 7.05 Å². The highest BCUT2D eigenvalue weighted by Crippen LogP contribution is 2.22. The number of aryl methyl sites for hydroxylation is 2. The van der Waals surface area contributed by atoms with Crippen LogP contribution in [0.15, 0.2) is 108 Å². The lowest BCUT2D eigenvalue weighted by atomic mass is 10.00. The van der Waals surface area contributed by atoms with Crippen molar-refractivity contribution in [3.8, 4) is 0 Å². The Morgan fingerprint density at radius 3 is 2.15 bits per heavy atom. The molecule has 0 saturated carbocycles. The fourth-order valence-electron chi connectivity index (χ4n) is 5.58. The van der Waals surface area contributed by atoms with Crippen LogP contribution in [0.3, 0.4) is 0 Å². The minimum Gasteiger partial charge on any atom is -0.361 e. The zero-order valence-electron chi connectivity index (χ0n) is 26.2. The number of carbonyl (C=O) groups is 3. The molecule has 0 aliphatic carbocycles. The molecule has 11 heteroatoms. The Labute approximate surface area is 279 Å². The first-order valence-corrected chi connectivity index (χ1v) is 16.8. The number of amides is 3. The van der Waals surface area contributed by atoms with Gasteiger partial charge in [-0.05, 0) is 61.4 Å². The highest BCUT2D eigenvalue weighted by atomic mass is 35.5. The lowest BCUT2D eigenvalue weighted by Crippen LogP contribution is -2.56.